The molecule has 0 radical (unpaired) electrons. The highest BCUT2D eigenvalue weighted by Gasteiger charge is 2.55. The molecule has 3 unspecified atom stereocenters. The van der Waals surface area contributed by atoms with Gasteiger partial charge >= 0.3 is 0 Å². The first-order valence-electron chi connectivity index (χ1n) is 7.46. The highest BCUT2D eigenvalue weighted by molar-refractivity contribution is 6.09. The molecule has 0 fully saturated rings. The standard InChI is InChI=1S/C17H14N2O5/c20-15-8-12(10-3-1-2-4-11(10)15)17(22)13-7-9(19(23)24)5-6-14(13)18-16(17)21/h1-7,12,19,22-23H,8H2,(H,18,21). The van der Waals surface area contributed by atoms with Gasteiger partial charge in [0.2, 0.25) is 0 Å². The maximum Gasteiger partial charge on any atom is 0.261 e. The summed E-state index contributed by atoms with van der Waals surface area (Å²) in [5.41, 5.74) is -0.337. The van der Waals surface area contributed by atoms with Crippen molar-refractivity contribution in [2.45, 2.75) is 17.9 Å². The molecular weight excluding hydrogens is 312 g/mol. The number of amides is 1. The SMILES string of the molecule is O=C1CC(C2(O)C(=O)Nc3ccc([NH+]([O-])O)cc32)c2ccccc21. The normalized spacial score (nSPS) is 26.0. The van der Waals surface area contributed by atoms with Gasteiger partial charge in [-0.05, 0) is 11.6 Å². The summed E-state index contributed by atoms with van der Waals surface area (Å²) < 4.78 is 0. The first kappa shape index (κ1) is 15.0. The zero-order valence-corrected chi connectivity index (χ0v) is 12.4. The van der Waals surface area contributed by atoms with Gasteiger partial charge in [0.1, 0.15) is 0 Å². The van der Waals surface area contributed by atoms with Gasteiger partial charge in [0.15, 0.2) is 17.1 Å². The number of hydrogen-bond donors (Lipinski definition) is 4. The summed E-state index contributed by atoms with van der Waals surface area (Å²) in [5.74, 6) is -1.53. The fourth-order valence-electron chi connectivity index (χ4n) is 3.62. The smallest absolute Gasteiger partial charge is 0.261 e. The summed E-state index contributed by atoms with van der Waals surface area (Å²) in [5, 5.41) is 33.1. The fraction of sp³-hybridized carbons (Fsp3) is 0.176. The lowest BCUT2D eigenvalue weighted by molar-refractivity contribution is -0.991. The van der Waals surface area contributed by atoms with Crippen LogP contribution in [0.2, 0.25) is 0 Å². The van der Waals surface area contributed by atoms with Gasteiger partial charge in [-0.25, -0.2) is 5.21 Å². The number of aliphatic hydroxyl groups is 1. The molecule has 1 heterocycles. The number of fused-ring (bicyclic) bond motifs is 2. The van der Waals surface area contributed by atoms with Gasteiger partial charge < -0.3 is 15.6 Å². The Bertz CT molecular complexity index is 879. The van der Waals surface area contributed by atoms with Gasteiger partial charge in [0.25, 0.3) is 5.91 Å². The number of quaternary nitrogens is 1. The van der Waals surface area contributed by atoms with Crippen molar-refractivity contribution in [2.24, 2.45) is 0 Å². The highest BCUT2D eigenvalue weighted by atomic mass is 16.8. The fourth-order valence-corrected chi connectivity index (χ4v) is 3.62. The Morgan fingerprint density at radius 3 is 2.71 bits per heavy atom. The maximum atomic E-state index is 12.5. The molecule has 0 saturated carbocycles. The van der Waals surface area contributed by atoms with Gasteiger partial charge in [0.05, 0.1) is 0 Å². The minimum Gasteiger partial charge on any atom is -0.595 e. The van der Waals surface area contributed by atoms with E-state index in [9.17, 15) is 25.1 Å². The molecule has 4 N–H and O–H groups in total. The van der Waals surface area contributed by atoms with Gasteiger partial charge in [-0.3, -0.25) is 9.59 Å². The van der Waals surface area contributed by atoms with Crippen molar-refractivity contribution in [3.63, 3.8) is 0 Å². The number of carbonyl (C=O) groups is 2. The number of rotatable bonds is 2. The number of benzene rings is 2. The van der Waals surface area contributed by atoms with Crippen molar-refractivity contribution < 1.29 is 25.1 Å². The molecule has 122 valence electrons. The Morgan fingerprint density at radius 2 is 1.96 bits per heavy atom. The number of Topliss-reactive ketones (excluding diaryl/α,β-unsaturated/α-hetero) is 1. The lowest BCUT2D eigenvalue weighted by atomic mass is 9.78. The van der Waals surface area contributed by atoms with Crippen LogP contribution in [0.4, 0.5) is 11.4 Å². The quantitative estimate of drug-likeness (QED) is 0.604. The molecule has 24 heavy (non-hydrogen) atoms. The summed E-state index contributed by atoms with van der Waals surface area (Å²) in [6, 6.07) is 11.0. The average Bonchev–Trinajstić information content (AvgIpc) is 3.04. The first-order valence-corrected chi connectivity index (χ1v) is 7.46. The Kier molecular flexibility index (Phi) is 3.09. The molecule has 0 spiro atoms. The molecule has 1 aliphatic heterocycles. The molecule has 3 atom stereocenters. The minimum atomic E-state index is -1.97. The number of ketones is 1. The van der Waals surface area contributed by atoms with E-state index in [1.165, 1.54) is 18.2 Å². The summed E-state index contributed by atoms with van der Waals surface area (Å²) in [7, 11) is 0. The average molecular weight is 326 g/mol. The van der Waals surface area contributed by atoms with Gasteiger partial charge in [-0.1, -0.05) is 24.3 Å². The first-order chi connectivity index (χ1) is 11.4. The largest absolute Gasteiger partial charge is 0.595 e. The second-order valence-electron chi connectivity index (χ2n) is 6.05. The molecule has 0 bridgehead atoms. The molecular formula is C17H14N2O5. The molecule has 0 aromatic heterocycles. The molecule has 2 aromatic rings. The van der Waals surface area contributed by atoms with Crippen LogP contribution >= 0.6 is 0 Å². The van der Waals surface area contributed by atoms with Crippen molar-refractivity contribution in [1.82, 2.24) is 0 Å². The third-order valence-corrected chi connectivity index (χ3v) is 4.80. The van der Waals surface area contributed by atoms with Crippen LogP contribution in [0.5, 0.6) is 0 Å². The molecule has 2 aliphatic rings. The van der Waals surface area contributed by atoms with E-state index in [4.69, 9.17) is 0 Å². The molecule has 0 saturated heterocycles. The van der Waals surface area contributed by atoms with Crippen LogP contribution < -0.4 is 10.5 Å². The van der Waals surface area contributed by atoms with E-state index in [1.54, 1.807) is 24.3 Å². The molecule has 7 nitrogen and oxygen atoms in total. The monoisotopic (exact) mass is 326 g/mol. The lowest BCUT2D eigenvalue weighted by Gasteiger charge is -2.28. The highest BCUT2D eigenvalue weighted by Crippen LogP contribution is 2.50. The summed E-state index contributed by atoms with van der Waals surface area (Å²) in [4.78, 5) is 24.7. The summed E-state index contributed by atoms with van der Waals surface area (Å²) >= 11 is 0. The predicted molar refractivity (Wildman–Crippen MR) is 82.9 cm³/mol. The topological polar surface area (TPSA) is 114 Å². The number of nitrogens with one attached hydrogen (secondary N) is 2. The number of carbonyl (C=O) groups excluding carboxylic acids is 2. The Labute approximate surface area is 136 Å². The zero-order valence-electron chi connectivity index (χ0n) is 12.4. The molecule has 1 aliphatic carbocycles. The molecule has 1 amide bonds. The second-order valence-corrected chi connectivity index (χ2v) is 6.05. The van der Waals surface area contributed by atoms with Crippen LogP contribution in [0, 0.1) is 5.21 Å². The van der Waals surface area contributed by atoms with E-state index in [0.29, 0.717) is 16.8 Å². The van der Waals surface area contributed by atoms with E-state index >= 15 is 0 Å². The molecule has 4 rings (SSSR count). The third kappa shape index (κ3) is 1.87. The van der Waals surface area contributed by atoms with Gasteiger partial charge in [0, 0.05) is 41.3 Å². The summed E-state index contributed by atoms with van der Waals surface area (Å²) in [6.07, 6.45) is 0.00000567. The van der Waals surface area contributed by atoms with Crippen LogP contribution in [-0.2, 0) is 10.4 Å². The van der Waals surface area contributed by atoms with Gasteiger partial charge in [-0.15, -0.1) is 0 Å². The molecule has 2 aromatic carbocycles. The Hall–Kier alpha value is -2.58. The number of hydrogen-bond acceptors (Lipinski definition) is 5. The van der Waals surface area contributed by atoms with E-state index in [0.717, 1.165) is 0 Å². The van der Waals surface area contributed by atoms with E-state index < -0.39 is 22.7 Å². The Balaban J connectivity index is 1.89. The van der Waals surface area contributed by atoms with Crippen molar-refractivity contribution in [2.75, 3.05) is 5.32 Å². The summed E-state index contributed by atoms with van der Waals surface area (Å²) in [6.45, 7) is 0. The predicted octanol–water partition coefficient (Wildman–Crippen LogP) is 0.600. The lowest BCUT2D eigenvalue weighted by Crippen LogP contribution is -2.99. The molecule has 7 heteroatoms. The van der Waals surface area contributed by atoms with E-state index in [2.05, 4.69) is 5.32 Å². The van der Waals surface area contributed by atoms with Crippen molar-refractivity contribution in [3.8, 4) is 0 Å². The number of anilines is 1. The van der Waals surface area contributed by atoms with Crippen molar-refractivity contribution in [1.29, 1.82) is 0 Å². The Morgan fingerprint density at radius 1 is 1.21 bits per heavy atom. The van der Waals surface area contributed by atoms with Crippen LogP contribution in [-0.4, -0.2) is 22.0 Å². The van der Waals surface area contributed by atoms with E-state index in [-0.39, 0.29) is 23.5 Å². The van der Waals surface area contributed by atoms with E-state index in [1.807, 2.05) is 0 Å². The maximum absolute atomic E-state index is 12.5. The van der Waals surface area contributed by atoms with Crippen LogP contribution in [0.3, 0.4) is 0 Å². The van der Waals surface area contributed by atoms with Crippen LogP contribution in [0.15, 0.2) is 42.5 Å². The van der Waals surface area contributed by atoms with Crippen LogP contribution in [0.1, 0.15) is 33.8 Å². The van der Waals surface area contributed by atoms with Crippen molar-refractivity contribution >= 4 is 23.1 Å². The van der Waals surface area contributed by atoms with Gasteiger partial charge in [-0.2, -0.15) is 5.23 Å². The van der Waals surface area contributed by atoms with Crippen LogP contribution in [0.25, 0.3) is 0 Å². The minimum absolute atomic E-state index is 0.00000567. The zero-order chi connectivity index (χ0) is 17.1. The third-order valence-electron chi connectivity index (χ3n) is 4.80. The second kappa shape index (κ2) is 4.96. The van der Waals surface area contributed by atoms with Crippen molar-refractivity contribution in [3.05, 3.63) is 64.4 Å².